The molecule has 1 unspecified atom stereocenters. The average Bonchev–Trinajstić information content (AvgIpc) is 3.51. The SMILES string of the molecule is CCC(=O)Cn1c(=O)c2c(ncn2[C@@H](C)C(O)Nc2csc(-c3cnc(C(F)(F)F)c(C)c3)n2)n(C)c1=O. The number of aromatic nitrogens is 6. The number of carbonyl (C=O) groups excluding carboxylic acids is 1. The number of alkyl halides is 3. The van der Waals surface area contributed by atoms with Gasteiger partial charge in [-0.25, -0.2) is 14.8 Å². The minimum Gasteiger partial charge on any atom is -0.372 e. The normalized spacial score (nSPS) is 13.6. The molecule has 0 saturated carbocycles. The van der Waals surface area contributed by atoms with Crippen LogP contribution >= 0.6 is 11.3 Å². The second-order valence-electron chi connectivity index (χ2n) is 8.70. The molecule has 0 fully saturated rings. The van der Waals surface area contributed by atoms with Gasteiger partial charge < -0.3 is 15.0 Å². The monoisotopic (exact) mass is 551 g/mol. The van der Waals surface area contributed by atoms with Crippen LogP contribution < -0.4 is 16.6 Å². The summed E-state index contributed by atoms with van der Waals surface area (Å²) in [5, 5.41) is 15.6. The number of anilines is 1. The number of halogens is 3. The maximum absolute atomic E-state index is 13.1. The van der Waals surface area contributed by atoms with Crippen LogP contribution in [0.3, 0.4) is 0 Å². The number of Topliss-reactive ketones (excluding diaryl/α,β-unsaturated/α-hetero) is 1. The molecule has 0 amide bonds. The zero-order chi connectivity index (χ0) is 27.9. The molecule has 202 valence electrons. The summed E-state index contributed by atoms with van der Waals surface area (Å²) in [7, 11) is 1.43. The number of rotatable bonds is 8. The Morgan fingerprint density at radius 1 is 1.26 bits per heavy atom. The Balaban J connectivity index is 1.60. The van der Waals surface area contributed by atoms with Crippen LogP contribution in [0.25, 0.3) is 21.7 Å². The van der Waals surface area contributed by atoms with Crippen LogP contribution in [-0.2, 0) is 24.6 Å². The van der Waals surface area contributed by atoms with Crippen LogP contribution in [-0.4, -0.2) is 45.8 Å². The van der Waals surface area contributed by atoms with Crippen LogP contribution in [0.15, 0.2) is 33.6 Å². The predicted octanol–water partition coefficient (Wildman–Crippen LogP) is 2.71. The summed E-state index contributed by atoms with van der Waals surface area (Å²) in [5.74, 6) is -0.0354. The van der Waals surface area contributed by atoms with E-state index >= 15 is 0 Å². The molecule has 4 rings (SSSR count). The molecule has 2 atom stereocenters. The number of aliphatic hydroxyl groups excluding tert-OH is 1. The number of carbonyl (C=O) groups is 1. The number of hydrogen-bond acceptors (Lipinski definition) is 9. The van der Waals surface area contributed by atoms with Crippen molar-refractivity contribution in [1.29, 1.82) is 0 Å². The summed E-state index contributed by atoms with van der Waals surface area (Å²) >= 11 is 1.15. The predicted molar refractivity (Wildman–Crippen MR) is 134 cm³/mol. The third kappa shape index (κ3) is 4.98. The molecule has 15 heteroatoms. The number of fused-ring (bicyclic) bond motifs is 1. The molecule has 0 aromatic carbocycles. The van der Waals surface area contributed by atoms with Crippen molar-refractivity contribution in [2.75, 3.05) is 5.32 Å². The highest BCUT2D eigenvalue weighted by Crippen LogP contribution is 2.33. The van der Waals surface area contributed by atoms with Crippen LogP contribution in [0.4, 0.5) is 19.0 Å². The highest BCUT2D eigenvalue weighted by molar-refractivity contribution is 7.13. The van der Waals surface area contributed by atoms with Crippen LogP contribution in [0.5, 0.6) is 0 Å². The van der Waals surface area contributed by atoms with Crippen molar-refractivity contribution < 1.29 is 23.1 Å². The zero-order valence-electron chi connectivity index (χ0n) is 20.8. The minimum atomic E-state index is -4.56. The first-order chi connectivity index (χ1) is 17.8. The lowest BCUT2D eigenvalue weighted by molar-refractivity contribution is -0.141. The van der Waals surface area contributed by atoms with Crippen molar-refractivity contribution in [2.45, 2.75) is 52.2 Å². The number of aliphatic hydroxyl groups is 1. The maximum atomic E-state index is 13.1. The Labute approximate surface area is 217 Å². The number of aryl methyl sites for hydroxylation is 2. The van der Waals surface area contributed by atoms with Crippen LogP contribution in [0.1, 0.15) is 37.6 Å². The van der Waals surface area contributed by atoms with Gasteiger partial charge in [-0.15, -0.1) is 11.3 Å². The highest BCUT2D eigenvalue weighted by atomic mass is 32.1. The van der Waals surface area contributed by atoms with E-state index in [1.807, 2.05) is 0 Å². The molecule has 4 heterocycles. The van der Waals surface area contributed by atoms with Crippen molar-refractivity contribution in [3.05, 3.63) is 56.1 Å². The van der Waals surface area contributed by atoms with Gasteiger partial charge in [-0.2, -0.15) is 13.2 Å². The van der Waals surface area contributed by atoms with E-state index in [1.54, 1.807) is 19.2 Å². The number of imidazole rings is 1. The third-order valence-electron chi connectivity index (χ3n) is 6.08. The zero-order valence-corrected chi connectivity index (χ0v) is 21.6. The number of hydrogen-bond donors (Lipinski definition) is 2. The fourth-order valence-corrected chi connectivity index (χ4v) is 4.65. The van der Waals surface area contributed by atoms with Gasteiger partial charge in [0.15, 0.2) is 16.9 Å². The summed E-state index contributed by atoms with van der Waals surface area (Å²) in [4.78, 5) is 49.7. The molecule has 4 aromatic heterocycles. The molecule has 11 nitrogen and oxygen atoms in total. The number of nitrogens with one attached hydrogen (secondary N) is 1. The molecule has 0 aliphatic carbocycles. The molecule has 4 aromatic rings. The second-order valence-corrected chi connectivity index (χ2v) is 9.56. The Bertz CT molecular complexity index is 1640. The molecule has 0 spiro atoms. The topological polar surface area (TPSA) is 137 Å². The summed E-state index contributed by atoms with van der Waals surface area (Å²) in [6, 6.07) is 0.564. The molecule has 0 saturated heterocycles. The van der Waals surface area contributed by atoms with Crippen molar-refractivity contribution in [2.24, 2.45) is 7.05 Å². The molecule has 38 heavy (non-hydrogen) atoms. The third-order valence-corrected chi connectivity index (χ3v) is 6.97. The number of pyridine rings is 1. The highest BCUT2D eigenvalue weighted by Gasteiger charge is 2.34. The summed E-state index contributed by atoms with van der Waals surface area (Å²) in [5.41, 5.74) is -1.87. The first-order valence-corrected chi connectivity index (χ1v) is 12.3. The van der Waals surface area contributed by atoms with E-state index in [1.165, 1.54) is 30.9 Å². The smallest absolute Gasteiger partial charge is 0.372 e. The summed E-state index contributed by atoms with van der Waals surface area (Å²) in [6.45, 7) is 4.18. The minimum absolute atomic E-state index is 0.0367. The lowest BCUT2D eigenvalue weighted by atomic mass is 10.1. The van der Waals surface area contributed by atoms with Crippen LogP contribution in [0.2, 0.25) is 0 Å². The van der Waals surface area contributed by atoms with Gasteiger partial charge in [0.2, 0.25) is 0 Å². The van der Waals surface area contributed by atoms with Crippen molar-refractivity contribution in [3.8, 4) is 10.6 Å². The first kappa shape index (κ1) is 27.2. The number of thiazole rings is 1. The van der Waals surface area contributed by atoms with E-state index in [0.717, 1.165) is 26.7 Å². The molecule has 0 bridgehead atoms. The molecule has 0 aliphatic rings. The molecule has 0 aliphatic heterocycles. The Kier molecular flexibility index (Phi) is 7.25. The van der Waals surface area contributed by atoms with E-state index in [9.17, 15) is 32.7 Å². The Hall–Kier alpha value is -3.85. The van der Waals surface area contributed by atoms with Gasteiger partial charge in [-0.05, 0) is 25.5 Å². The largest absolute Gasteiger partial charge is 0.433 e. The standard InChI is InChI=1S/C23H24F3N7O4S/c1-5-14(34)8-32-21(36)16-18(31(4)22(32)37)28-10-33(16)12(3)19(35)29-15-9-38-20(30-15)13-6-11(2)17(27-7-13)23(24,25)26/h6-7,9-10,12,19,29,35H,5,8H2,1-4H3/t12-,19?/m0/s1. The molecule has 0 radical (unpaired) electrons. The number of nitrogens with zero attached hydrogens (tertiary/aromatic N) is 6. The van der Waals surface area contributed by atoms with E-state index in [2.05, 4.69) is 20.3 Å². The molecular formula is C23H24F3N7O4S. The maximum Gasteiger partial charge on any atom is 0.433 e. The van der Waals surface area contributed by atoms with Crippen LogP contribution in [0, 0.1) is 6.92 Å². The number of ketones is 1. The second kappa shape index (κ2) is 10.1. The van der Waals surface area contributed by atoms with E-state index < -0.39 is 35.4 Å². The summed E-state index contributed by atoms with van der Waals surface area (Å²) < 4.78 is 42.4. The Morgan fingerprint density at radius 2 is 1.97 bits per heavy atom. The van der Waals surface area contributed by atoms with Gasteiger partial charge in [-0.3, -0.25) is 23.7 Å². The lowest BCUT2D eigenvalue weighted by Crippen LogP contribution is -2.42. The van der Waals surface area contributed by atoms with Gasteiger partial charge in [0.05, 0.1) is 18.9 Å². The molecular weight excluding hydrogens is 527 g/mol. The van der Waals surface area contributed by atoms with Gasteiger partial charge in [-0.1, -0.05) is 6.92 Å². The fraction of sp³-hybridized carbons (Fsp3) is 0.391. The van der Waals surface area contributed by atoms with Gasteiger partial charge in [0, 0.05) is 30.6 Å². The van der Waals surface area contributed by atoms with Crippen molar-refractivity contribution in [1.82, 2.24) is 28.7 Å². The van der Waals surface area contributed by atoms with Gasteiger partial charge in [0.1, 0.15) is 22.7 Å². The summed E-state index contributed by atoms with van der Waals surface area (Å²) in [6.07, 6.45) is -3.28. The van der Waals surface area contributed by atoms with Crippen molar-refractivity contribution in [3.63, 3.8) is 0 Å². The van der Waals surface area contributed by atoms with Gasteiger partial charge in [0.25, 0.3) is 5.56 Å². The first-order valence-electron chi connectivity index (χ1n) is 11.5. The van der Waals surface area contributed by atoms with E-state index in [-0.39, 0.29) is 41.3 Å². The average molecular weight is 552 g/mol. The quantitative estimate of drug-likeness (QED) is 0.319. The molecule has 2 N–H and O–H groups in total. The lowest BCUT2D eigenvalue weighted by Gasteiger charge is -2.22. The van der Waals surface area contributed by atoms with E-state index in [0.29, 0.717) is 10.6 Å². The van der Waals surface area contributed by atoms with Crippen molar-refractivity contribution >= 4 is 34.1 Å². The van der Waals surface area contributed by atoms with Gasteiger partial charge >= 0.3 is 11.9 Å². The van der Waals surface area contributed by atoms with E-state index in [4.69, 9.17) is 0 Å². The Morgan fingerprint density at radius 3 is 2.61 bits per heavy atom. The fourth-order valence-electron chi connectivity index (χ4n) is 3.91.